The molecule has 0 saturated heterocycles. The molecule has 5 nitrogen and oxygen atoms in total. The maximum absolute atomic E-state index is 11.7. The number of benzene rings is 2. The van der Waals surface area contributed by atoms with Gasteiger partial charge in [-0.15, -0.1) is 0 Å². The van der Waals surface area contributed by atoms with Crippen molar-refractivity contribution in [1.29, 1.82) is 0 Å². The molecule has 0 spiro atoms. The van der Waals surface area contributed by atoms with Gasteiger partial charge < -0.3 is 8.92 Å². The molecule has 0 aromatic heterocycles. The molecular formula is C13H12O5S. The summed E-state index contributed by atoms with van der Waals surface area (Å²) in [6.45, 7) is 0. The predicted octanol–water partition coefficient (Wildman–Crippen LogP) is 1.96. The highest BCUT2D eigenvalue weighted by molar-refractivity contribution is 7.86. The minimum absolute atomic E-state index is 0.0342. The Balaban J connectivity index is 2.67. The number of esters is 1. The molecule has 0 aliphatic rings. The summed E-state index contributed by atoms with van der Waals surface area (Å²) in [5, 5.41) is 1.57. The molecular weight excluding hydrogens is 268 g/mol. The van der Waals surface area contributed by atoms with Gasteiger partial charge in [0, 0.05) is 0 Å². The SMILES string of the molecule is COC(=O)c1cc2ccccc2cc1OS(C)(=O)=O. The standard InChI is InChI=1S/C13H12O5S/c1-17-13(14)11-7-9-5-3-4-6-10(9)8-12(11)18-19(2,15)16/h3-8H,1-2H3. The van der Waals surface area contributed by atoms with Crippen LogP contribution >= 0.6 is 0 Å². The zero-order valence-corrected chi connectivity index (χ0v) is 11.2. The van der Waals surface area contributed by atoms with Crippen molar-refractivity contribution < 1.29 is 22.1 Å². The summed E-state index contributed by atoms with van der Waals surface area (Å²) < 4.78 is 31.9. The second-order valence-electron chi connectivity index (χ2n) is 3.97. The predicted molar refractivity (Wildman–Crippen MR) is 70.8 cm³/mol. The topological polar surface area (TPSA) is 69.7 Å². The maximum Gasteiger partial charge on any atom is 0.341 e. The number of rotatable bonds is 3. The van der Waals surface area contributed by atoms with Crippen molar-refractivity contribution in [2.45, 2.75) is 0 Å². The molecule has 0 radical (unpaired) electrons. The van der Waals surface area contributed by atoms with Gasteiger partial charge in [-0.2, -0.15) is 8.42 Å². The van der Waals surface area contributed by atoms with Crippen LogP contribution in [-0.2, 0) is 14.9 Å². The first-order valence-electron chi connectivity index (χ1n) is 5.41. The number of fused-ring (bicyclic) bond motifs is 1. The molecule has 0 aliphatic heterocycles. The van der Waals surface area contributed by atoms with Crippen molar-refractivity contribution in [3.05, 3.63) is 42.0 Å². The summed E-state index contributed by atoms with van der Waals surface area (Å²) >= 11 is 0. The van der Waals surface area contributed by atoms with Gasteiger partial charge >= 0.3 is 16.1 Å². The quantitative estimate of drug-likeness (QED) is 0.635. The lowest BCUT2D eigenvalue weighted by atomic mass is 10.1. The number of hydrogen-bond acceptors (Lipinski definition) is 5. The van der Waals surface area contributed by atoms with E-state index in [1.54, 1.807) is 12.1 Å². The van der Waals surface area contributed by atoms with Crippen molar-refractivity contribution >= 4 is 26.9 Å². The third-order valence-electron chi connectivity index (χ3n) is 2.49. The third kappa shape index (κ3) is 3.03. The van der Waals surface area contributed by atoms with Crippen molar-refractivity contribution in [2.75, 3.05) is 13.4 Å². The van der Waals surface area contributed by atoms with Crippen molar-refractivity contribution in [1.82, 2.24) is 0 Å². The minimum Gasteiger partial charge on any atom is -0.465 e. The van der Waals surface area contributed by atoms with E-state index < -0.39 is 16.1 Å². The first-order valence-corrected chi connectivity index (χ1v) is 7.23. The van der Waals surface area contributed by atoms with E-state index in [0.717, 1.165) is 17.0 Å². The first kappa shape index (κ1) is 13.4. The normalized spacial score (nSPS) is 11.3. The molecule has 0 amide bonds. The van der Waals surface area contributed by atoms with Crippen LogP contribution < -0.4 is 4.18 Å². The lowest BCUT2D eigenvalue weighted by Gasteiger charge is -2.09. The van der Waals surface area contributed by atoms with Crippen LogP contribution in [0.4, 0.5) is 0 Å². The van der Waals surface area contributed by atoms with E-state index in [1.807, 2.05) is 18.2 Å². The molecule has 2 aromatic rings. The number of hydrogen-bond donors (Lipinski definition) is 0. The zero-order valence-electron chi connectivity index (χ0n) is 10.4. The summed E-state index contributed by atoms with van der Waals surface area (Å²) in [6, 6.07) is 10.3. The van der Waals surface area contributed by atoms with Gasteiger partial charge in [-0.1, -0.05) is 24.3 Å². The number of methoxy groups -OCH3 is 1. The lowest BCUT2D eigenvalue weighted by molar-refractivity contribution is 0.0599. The van der Waals surface area contributed by atoms with Crippen molar-refractivity contribution in [3.8, 4) is 5.75 Å². The maximum atomic E-state index is 11.7. The van der Waals surface area contributed by atoms with Gasteiger partial charge in [-0.3, -0.25) is 0 Å². The summed E-state index contributed by atoms with van der Waals surface area (Å²) in [7, 11) is -2.49. The molecule has 2 rings (SSSR count). The Labute approximate surface area is 110 Å². The molecule has 0 fully saturated rings. The molecule has 2 aromatic carbocycles. The van der Waals surface area contributed by atoms with E-state index in [2.05, 4.69) is 4.74 Å². The second kappa shape index (κ2) is 4.89. The zero-order chi connectivity index (χ0) is 14.0. The van der Waals surface area contributed by atoms with Crippen LogP contribution in [0.2, 0.25) is 0 Å². The van der Waals surface area contributed by atoms with E-state index in [-0.39, 0.29) is 11.3 Å². The van der Waals surface area contributed by atoms with Gasteiger partial charge in [0.25, 0.3) is 0 Å². The van der Waals surface area contributed by atoms with Crippen LogP contribution in [0.15, 0.2) is 36.4 Å². The summed E-state index contributed by atoms with van der Waals surface area (Å²) in [5.74, 6) is -0.683. The Morgan fingerprint density at radius 3 is 2.21 bits per heavy atom. The Bertz CT molecular complexity index is 734. The second-order valence-corrected chi connectivity index (χ2v) is 5.55. The van der Waals surface area contributed by atoms with E-state index in [4.69, 9.17) is 4.18 Å². The highest BCUT2D eigenvalue weighted by Gasteiger charge is 2.17. The van der Waals surface area contributed by atoms with Crippen LogP contribution in [0.3, 0.4) is 0 Å². The molecule has 0 aliphatic carbocycles. The summed E-state index contributed by atoms with van der Waals surface area (Å²) in [6.07, 6.45) is 0.920. The lowest BCUT2D eigenvalue weighted by Crippen LogP contribution is -2.11. The van der Waals surface area contributed by atoms with Crippen LogP contribution in [0.25, 0.3) is 10.8 Å². The molecule has 0 unspecified atom stereocenters. The molecule has 100 valence electrons. The van der Waals surface area contributed by atoms with Crippen molar-refractivity contribution in [3.63, 3.8) is 0 Å². The van der Waals surface area contributed by atoms with Gasteiger partial charge in [0.1, 0.15) is 5.56 Å². The smallest absolute Gasteiger partial charge is 0.341 e. The fourth-order valence-electron chi connectivity index (χ4n) is 1.72. The average Bonchev–Trinajstić information content (AvgIpc) is 2.35. The van der Waals surface area contributed by atoms with Gasteiger partial charge in [-0.05, 0) is 22.9 Å². The molecule has 0 saturated carbocycles. The van der Waals surface area contributed by atoms with Crippen LogP contribution in [0.5, 0.6) is 5.75 Å². The molecule has 19 heavy (non-hydrogen) atoms. The fraction of sp³-hybridized carbons (Fsp3) is 0.154. The van der Waals surface area contributed by atoms with E-state index in [1.165, 1.54) is 13.2 Å². The van der Waals surface area contributed by atoms with Gasteiger partial charge in [0.2, 0.25) is 0 Å². The highest BCUT2D eigenvalue weighted by Crippen LogP contribution is 2.27. The van der Waals surface area contributed by atoms with E-state index in [0.29, 0.717) is 0 Å². The largest absolute Gasteiger partial charge is 0.465 e. The van der Waals surface area contributed by atoms with E-state index >= 15 is 0 Å². The number of carbonyl (C=O) groups is 1. The van der Waals surface area contributed by atoms with Gasteiger partial charge in [0.15, 0.2) is 5.75 Å². The first-order chi connectivity index (χ1) is 8.90. The molecule has 6 heteroatoms. The monoisotopic (exact) mass is 280 g/mol. The third-order valence-corrected chi connectivity index (χ3v) is 2.98. The molecule has 0 atom stereocenters. The summed E-state index contributed by atoms with van der Waals surface area (Å²) in [4.78, 5) is 11.7. The molecule has 0 bridgehead atoms. The molecule has 0 N–H and O–H groups in total. The van der Waals surface area contributed by atoms with Crippen LogP contribution in [0, 0.1) is 0 Å². The highest BCUT2D eigenvalue weighted by atomic mass is 32.2. The molecule has 0 heterocycles. The average molecular weight is 280 g/mol. The Kier molecular flexibility index (Phi) is 3.44. The Morgan fingerprint density at radius 1 is 1.11 bits per heavy atom. The van der Waals surface area contributed by atoms with E-state index in [9.17, 15) is 13.2 Å². The van der Waals surface area contributed by atoms with Crippen LogP contribution in [-0.4, -0.2) is 27.8 Å². The number of carbonyl (C=O) groups excluding carboxylic acids is 1. The Morgan fingerprint density at radius 2 is 1.68 bits per heavy atom. The van der Waals surface area contributed by atoms with Crippen LogP contribution in [0.1, 0.15) is 10.4 Å². The Hall–Kier alpha value is -2.08. The van der Waals surface area contributed by atoms with Crippen molar-refractivity contribution in [2.24, 2.45) is 0 Å². The fourth-order valence-corrected chi connectivity index (χ4v) is 2.18. The van der Waals surface area contributed by atoms with Gasteiger partial charge in [0.05, 0.1) is 13.4 Å². The minimum atomic E-state index is -3.72. The van der Waals surface area contributed by atoms with Gasteiger partial charge in [-0.25, -0.2) is 4.79 Å². The summed E-state index contributed by atoms with van der Waals surface area (Å²) in [5.41, 5.74) is 0.0756. The number of ether oxygens (including phenoxy) is 1.